The summed E-state index contributed by atoms with van der Waals surface area (Å²) in [7, 11) is 0. The van der Waals surface area contributed by atoms with E-state index in [-0.39, 0.29) is 5.91 Å². The second-order valence-corrected chi connectivity index (χ2v) is 8.10. The van der Waals surface area contributed by atoms with Gasteiger partial charge in [0.2, 0.25) is 5.91 Å². The highest BCUT2D eigenvalue weighted by molar-refractivity contribution is 5.85. The molecule has 32 heavy (non-hydrogen) atoms. The van der Waals surface area contributed by atoms with Crippen LogP contribution >= 0.6 is 0 Å². The van der Waals surface area contributed by atoms with E-state index in [1.807, 2.05) is 42.5 Å². The molecule has 1 aromatic carbocycles. The van der Waals surface area contributed by atoms with Crippen molar-refractivity contribution in [3.63, 3.8) is 0 Å². The zero-order valence-corrected chi connectivity index (χ0v) is 18.4. The summed E-state index contributed by atoms with van der Waals surface area (Å²) >= 11 is 0. The number of carbonyl (C=O) groups excluding carboxylic acids is 1. The van der Waals surface area contributed by atoms with Gasteiger partial charge in [0.15, 0.2) is 5.60 Å². The summed E-state index contributed by atoms with van der Waals surface area (Å²) in [5.74, 6) is -0.196. The van der Waals surface area contributed by atoms with Crippen molar-refractivity contribution < 1.29 is 19.4 Å². The van der Waals surface area contributed by atoms with Gasteiger partial charge in [0.1, 0.15) is 12.1 Å². The van der Waals surface area contributed by atoms with Crippen molar-refractivity contribution in [3.05, 3.63) is 54.1 Å². The molecule has 0 aromatic heterocycles. The first kappa shape index (κ1) is 23.5. The number of hydrogen-bond donors (Lipinski definition) is 2. The van der Waals surface area contributed by atoms with Crippen LogP contribution in [-0.2, 0) is 9.53 Å². The van der Waals surface area contributed by atoms with Crippen LogP contribution in [0.2, 0.25) is 0 Å². The Balaban J connectivity index is 1.38. The molecule has 1 aromatic rings. The van der Waals surface area contributed by atoms with E-state index >= 15 is 0 Å². The normalized spacial score (nSPS) is 22.0. The lowest BCUT2D eigenvalue weighted by Gasteiger charge is -2.36. The fourth-order valence-corrected chi connectivity index (χ4v) is 3.94. The molecule has 1 saturated heterocycles. The first-order valence-corrected chi connectivity index (χ1v) is 10.9. The second kappa shape index (κ2) is 10.9. The fourth-order valence-electron chi connectivity index (χ4n) is 3.94. The lowest BCUT2D eigenvalue weighted by molar-refractivity contribution is -0.134. The quantitative estimate of drug-likeness (QED) is 0.604. The zero-order chi connectivity index (χ0) is 23.0. The molecule has 8 heteroatoms. The fraction of sp³-hybridized carbons (Fsp3) is 0.458. The van der Waals surface area contributed by atoms with Crippen LogP contribution in [0.3, 0.4) is 0 Å². The first-order chi connectivity index (χ1) is 15.4. The number of nitrogens with zero attached hydrogens (tertiary/aromatic N) is 3. The van der Waals surface area contributed by atoms with Gasteiger partial charge in [-0.25, -0.2) is 4.79 Å². The van der Waals surface area contributed by atoms with Crippen LogP contribution in [0.4, 0.5) is 4.79 Å². The van der Waals surface area contributed by atoms with Gasteiger partial charge in [-0.15, -0.1) is 0 Å². The number of nitrogens with one attached hydrogen (secondary N) is 1. The molecule has 1 aliphatic heterocycles. The number of piperazine rings is 1. The topological polar surface area (TPSA) is 106 Å². The molecule has 2 amide bonds. The van der Waals surface area contributed by atoms with Gasteiger partial charge in [0.05, 0.1) is 6.61 Å². The van der Waals surface area contributed by atoms with Gasteiger partial charge in [0, 0.05) is 39.1 Å². The van der Waals surface area contributed by atoms with Gasteiger partial charge in [-0.3, -0.25) is 9.69 Å². The average Bonchev–Trinajstić information content (AvgIpc) is 2.82. The lowest BCUT2D eigenvalue weighted by atomic mass is 9.90. The Hall–Kier alpha value is -3.15. The number of allylic oxidation sites excluding steroid dienone is 2. The summed E-state index contributed by atoms with van der Waals surface area (Å²) in [5.41, 5.74) is 1.30. The lowest BCUT2D eigenvalue weighted by Crippen LogP contribution is -2.54. The average molecular weight is 439 g/mol. The SMILES string of the molecule is C[C@H](NC(=O)O)C(=O)N1CCN(CCCOC2(C#N)C=CC(c3ccccc3)=CC2)CC1. The van der Waals surface area contributed by atoms with E-state index in [1.165, 1.54) is 0 Å². The minimum absolute atomic E-state index is 0.196. The zero-order valence-electron chi connectivity index (χ0n) is 18.4. The van der Waals surface area contributed by atoms with Gasteiger partial charge in [-0.2, -0.15) is 5.26 Å². The van der Waals surface area contributed by atoms with Crippen LogP contribution in [-0.4, -0.2) is 77.9 Å². The molecular weight excluding hydrogens is 408 g/mol. The van der Waals surface area contributed by atoms with Gasteiger partial charge >= 0.3 is 6.09 Å². The second-order valence-electron chi connectivity index (χ2n) is 8.10. The van der Waals surface area contributed by atoms with Crippen LogP contribution in [0.5, 0.6) is 0 Å². The Morgan fingerprint density at radius 3 is 2.56 bits per heavy atom. The molecule has 2 atom stereocenters. The van der Waals surface area contributed by atoms with Crippen molar-refractivity contribution >= 4 is 17.6 Å². The van der Waals surface area contributed by atoms with Gasteiger partial charge < -0.3 is 20.1 Å². The standard InChI is InChI=1S/C24H30N4O4/c1-19(26-23(30)31)22(29)28-15-13-27(14-16-28)12-5-17-32-24(18-25)10-8-21(9-11-24)20-6-3-2-4-7-20/h2-4,6-10,19,26H,5,11-17H2,1H3,(H,30,31)/t19-,24?/m0/s1. The molecule has 3 rings (SSSR count). The molecule has 0 spiro atoms. The third-order valence-electron chi connectivity index (χ3n) is 5.83. The van der Waals surface area contributed by atoms with Crippen molar-refractivity contribution in [2.24, 2.45) is 0 Å². The van der Waals surface area contributed by atoms with Crippen LogP contribution in [0.1, 0.15) is 25.3 Å². The summed E-state index contributed by atoms with van der Waals surface area (Å²) < 4.78 is 5.98. The summed E-state index contributed by atoms with van der Waals surface area (Å²) in [6.07, 6.45) is 5.98. The molecule has 0 radical (unpaired) electrons. The predicted molar refractivity (Wildman–Crippen MR) is 121 cm³/mol. The Labute approximate surface area is 188 Å². The van der Waals surface area contributed by atoms with Crippen molar-refractivity contribution in [3.8, 4) is 6.07 Å². The number of ether oxygens (including phenoxy) is 1. The van der Waals surface area contributed by atoms with Crippen LogP contribution < -0.4 is 5.32 Å². The highest BCUT2D eigenvalue weighted by Crippen LogP contribution is 2.29. The molecule has 170 valence electrons. The number of carboxylic acid groups (broad SMARTS) is 1. The maximum absolute atomic E-state index is 12.3. The van der Waals surface area contributed by atoms with E-state index in [0.717, 1.165) is 37.2 Å². The Morgan fingerprint density at radius 2 is 1.97 bits per heavy atom. The molecule has 1 fully saturated rings. The molecular formula is C24H30N4O4. The van der Waals surface area contributed by atoms with Crippen LogP contribution in [0, 0.1) is 11.3 Å². The highest BCUT2D eigenvalue weighted by atomic mass is 16.5. The molecule has 0 bridgehead atoms. The molecule has 2 aliphatic rings. The van der Waals surface area contributed by atoms with E-state index in [0.29, 0.717) is 26.1 Å². The minimum atomic E-state index is -1.20. The molecule has 2 N–H and O–H groups in total. The maximum atomic E-state index is 12.3. The number of benzene rings is 1. The molecule has 8 nitrogen and oxygen atoms in total. The van der Waals surface area contributed by atoms with Gasteiger partial charge in [-0.05, 0) is 30.6 Å². The van der Waals surface area contributed by atoms with Crippen LogP contribution in [0.25, 0.3) is 5.57 Å². The summed E-state index contributed by atoms with van der Waals surface area (Å²) in [6.45, 7) is 5.47. The third kappa shape index (κ3) is 6.19. The Morgan fingerprint density at radius 1 is 1.25 bits per heavy atom. The number of nitriles is 1. The molecule has 1 unspecified atom stereocenters. The minimum Gasteiger partial charge on any atom is -0.465 e. The van der Waals surface area contributed by atoms with E-state index in [2.05, 4.69) is 22.4 Å². The number of hydrogen-bond acceptors (Lipinski definition) is 5. The van der Waals surface area contributed by atoms with Gasteiger partial charge in [0.25, 0.3) is 0 Å². The van der Waals surface area contributed by atoms with Gasteiger partial charge in [-0.1, -0.05) is 42.5 Å². The predicted octanol–water partition coefficient (Wildman–Crippen LogP) is 2.50. The van der Waals surface area contributed by atoms with Crippen LogP contribution in [0.15, 0.2) is 48.6 Å². The third-order valence-corrected chi connectivity index (χ3v) is 5.83. The number of carbonyl (C=O) groups is 2. The van der Waals surface area contributed by atoms with Crippen molar-refractivity contribution in [1.82, 2.24) is 15.1 Å². The van der Waals surface area contributed by atoms with E-state index < -0.39 is 17.7 Å². The molecule has 0 saturated carbocycles. The van der Waals surface area contributed by atoms with E-state index in [9.17, 15) is 14.9 Å². The Bertz CT molecular complexity index is 900. The summed E-state index contributed by atoms with van der Waals surface area (Å²) in [5, 5.41) is 20.6. The van der Waals surface area contributed by atoms with Crippen molar-refractivity contribution in [1.29, 1.82) is 5.26 Å². The largest absolute Gasteiger partial charge is 0.465 e. The summed E-state index contributed by atoms with van der Waals surface area (Å²) in [6, 6.07) is 11.6. The van der Waals surface area contributed by atoms with Crippen molar-refractivity contribution in [2.75, 3.05) is 39.3 Å². The van der Waals surface area contributed by atoms with E-state index in [1.54, 1.807) is 11.8 Å². The first-order valence-electron chi connectivity index (χ1n) is 10.9. The maximum Gasteiger partial charge on any atom is 0.405 e. The Kier molecular flexibility index (Phi) is 8.03. The molecule has 1 heterocycles. The monoisotopic (exact) mass is 438 g/mol. The smallest absolute Gasteiger partial charge is 0.405 e. The van der Waals surface area contributed by atoms with Crippen molar-refractivity contribution in [2.45, 2.75) is 31.4 Å². The van der Waals surface area contributed by atoms with E-state index in [4.69, 9.17) is 9.84 Å². The molecule has 1 aliphatic carbocycles. The number of rotatable bonds is 8. The summed E-state index contributed by atoms with van der Waals surface area (Å²) in [4.78, 5) is 26.9. The number of amides is 2. The highest BCUT2D eigenvalue weighted by Gasteiger charge is 2.30.